The minimum atomic E-state index is -0.339. The van der Waals surface area contributed by atoms with Crippen LogP contribution in [0.5, 0.6) is 0 Å². The Bertz CT molecular complexity index is 594. The summed E-state index contributed by atoms with van der Waals surface area (Å²) in [5.74, 6) is -0.339. The average molecular weight is 240 g/mol. The van der Waals surface area contributed by atoms with Gasteiger partial charge in [0.1, 0.15) is 5.69 Å². The minimum absolute atomic E-state index is 0.339. The average Bonchev–Trinajstić information content (AvgIpc) is 3.13. The summed E-state index contributed by atoms with van der Waals surface area (Å²) in [6.45, 7) is 2.04. The lowest BCUT2D eigenvalue weighted by atomic mass is 10.0. The van der Waals surface area contributed by atoms with Gasteiger partial charge in [0.2, 0.25) is 0 Å². The number of hydrogen-bond donors (Lipinski definition) is 1. The summed E-state index contributed by atoms with van der Waals surface area (Å²) in [7, 11) is 0. The number of nitrogens with two attached hydrogens (primary N) is 1. The first-order chi connectivity index (χ1) is 8.68. The second-order valence-electron chi connectivity index (χ2n) is 4.90. The van der Waals surface area contributed by atoms with Gasteiger partial charge in [-0.15, -0.1) is 0 Å². The molecule has 0 bridgehead atoms. The molecule has 92 valence electrons. The number of rotatable bonds is 3. The van der Waals surface area contributed by atoms with Crippen molar-refractivity contribution in [2.45, 2.75) is 25.8 Å². The molecule has 1 saturated carbocycles. The van der Waals surface area contributed by atoms with Crippen LogP contribution in [0.1, 0.15) is 34.9 Å². The number of hydrogen-bond acceptors (Lipinski definition) is 1. The molecule has 2 N–H and O–H groups in total. The van der Waals surface area contributed by atoms with Crippen molar-refractivity contribution in [1.29, 1.82) is 0 Å². The highest BCUT2D eigenvalue weighted by atomic mass is 16.1. The summed E-state index contributed by atoms with van der Waals surface area (Å²) in [6, 6.07) is 10.4. The van der Waals surface area contributed by atoms with E-state index in [2.05, 4.69) is 10.8 Å². The minimum Gasteiger partial charge on any atom is -0.364 e. The Balaban J connectivity index is 2.22. The highest BCUT2D eigenvalue weighted by Gasteiger charge is 2.29. The third kappa shape index (κ3) is 1.72. The van der Waals surface area contributed by atoms with E-state index in [0.29, 0.717) is 11.7 Å². The van der Waals surface area contributed by atoms with E-state index in [1.165, 1.54) is 0 Å². The lowest BCUT2D eigenvalue weighted by molar-refractivity contribution is 0.0992. The number of carbonyl (C=O) groups excluding carboxylic acids is 1. The molecule has 0 radical (unpaired) electrons. The van der Waals surface area contributed by atoms with Crippen LogP contribution >= 0.6 is 0 Å². The molecular weight excluding hydrogens is 224 g/mol. The van der Waals surface area contributed by atoms with E-state index < -0.39 is 0 Å². The monoisotopic (exact) mass is 240 g/mol. The van der Waals surface area contributed by atoms with E-state index >= 15 is 0 Å². The van der Waals surface area contributed by atoms with Gasteiger partial charge in [-0.3, -0.25) is 4.79 Å². The van der Waals surface area contributed by atoms with Crippen LogP contribution in [0.4, 0.5) is 0 Å². The van der Waals surface area contributed by atoms with Crippen molar-refractivity contribution in [3.05, 3.63) is 47.8 Å². The quantitative estimate of drug-likeness (QED) is 0.881. The Kier molecular flexibility index (Phi) is 2.47. The largest absolute Gasteiger partial charge is 0.364 e. The molecule has 1 aromatic heterocycles. The van der Waals surface area contributed by atoms with Gasteiger partial charge in [-0.25, -0.2) is 0 Å². The molecule has 0 spiro atoms. The standard InChI is InChI=1S/C15H16N2O/c1-10-9-17(12-7-8-12)14(15(16)18)13(10)11-5-3-2-4-6-11/h2-6,9,12H,7-8H2,1H3,(H2,16,18). The highest BCUT2D eigenvalue weighted by molar-refractivity contribution is 5.99. The van der Waals surface area contributed by atoms with E-state index in [9.17, 15) is 4.79 Å². The number of primary amides is 1. The fourth-order valence-corrected chi connectivity index (χ4v) is 2.51. The van der Waals surface area contributed by atoms with E-state index in [0.717, 1.165) is 29.5 Å². The summed E-state index contributed by atoms with van der Waals surface area (Å²) in [5, 5.41) is 0. The Morgan fingerprint density at radius 3 is 2.50 bits per heavy atom. The molecule has 0 saturated heterocycles. The zero-order valence-electron chi connectivity index (χ0n) is 10.4. The van der Waals surface area contributed by atoms with Gasteiger partial charge in [-0.1, -0.05) is 30.3 Å². The van der Waals surface area contributed by atoms with Crippen LogP contribution < -0.4 is 5.73 Å². The van der Waals surface area contributed by atoms with Gasteiger partial charge >= 0.3 is 0 Å². The molecule has 1 aromatic carbocycles. The molecule has 1 aliphatic carbocycles. The van der Waals surface area contributed by atoms with Crippen LogP contribution in [-0.4, -0.2) is 10.5 Å². The molecule has 3 heteroatoms. The second-order valence-corrected chi connectivity index (χ2v) is 4.90. The van der Waals surface area contributed by atoms with Crippen molar-refractivity contribution in [2.75, 3.05) is 0 Å². The lowest BCUT2D eigenvalue weighted by Crippen LogP contribution is -2.17. The van der Waals surface area contributed by atoms with Gasteiger partial charge in [-0.2, -0.15) is 0 Å². The third-order valence-electron chi connectivity index (χ3n) is 3.46. The number of aryl methyl sites for hydroxylation is 1. The molecule has 1 heterocycles. The molecule has 18 heavy (non-hydrogen) atoms. The fraction of sp³-hybridized carbons (Fsp3) is 0.267. The van der Waals surface area contributed by atoms with Crippen LogP contribution in [0, 0.1) is 6.92 Å². The zero-order chi connectivity index (χ0) is 12.7. The molecule has 2 aromatic rings. The van der Waals surface area contributed by atoms with Crippen LogP contribution in [-0.2, 0) is 0 Å². The smallest absolute Gasteiger partial charge is 0.265 e. The van der Waals surface area contributed by atoms with Gasteiger partial charge in [0.05, 0.1) is 0 Å². The molecule has 3 rings (SSSR count). The van der Waals surface area contributed by atoms with Gasteiger partial charge in [0.25, 0.3) is 5.91 Å². The Labute approximate surface area is 106 Å². The normalized spacial score (nSPS) is 14.7. The fourth-order valence-electron chi connectivity index (χ4n) is 2.51. The number of amides is 1. The van der Waals surface area contributed by atoms with Crippen LogP contribution in [0.25, 0.3) is 11.1 Å². The Morgan fingerprint density at radius 2 is 1.94 bits per heavy atom. The summed E-state index contributed by atoms with van der Waals surface area (Å²) >= 11 is 0. The molecule has 0 aliphatic heterocycles. The third-order valence-corrected chi connectivity index (χ3v) is 3.46. The Morgan fingerprint density at radius 1 is 1.28 bits per heavy atom. The van der Waals surface area contributed by atoms with Crippen molar-refractivity contribution in [1.82, 2.24) is 4.57 Å². The van der Waals surface area contributed by atoms with Crippen LogP contribution in [0.15, 0.2) is 36.5 Å². The molecule has 0 unspecified atom stereocenters. The molecule has 0 atom stereocenters. The number of benzene rings is 1. The summed E-state index contributed by atoms with van der Waals surface area (Å²) in [5.41, 5.74) is 9.38. The summed E-state index contributed by atoms with van der Waals surface area (Å²) in [6.07, 6.45) is 4.34. The first-order valence-corrected chi connectivity index (χ1v) is 6.25. The maximum absolute atomic E-state index is 11.8. The predicted molar refractivity (Wildman–Crippen MR) is 71.4 cm³/mol. The van der Waals surface area contributed by atoms with Crippen molar-refractivity contribution in [3.8, 4) is 11.1 Å². The second kappa shape index (κ2) is 4.02. The Hall–Kier alpha value is -2.03. The van der Waals surface area contributed by atoms with Crippen LogP contribution in [0.3, 0.4) is 0 Å². The molecular formula is C15H16N2O. The van der Waals surface area contributed by atoms with Crippen molar-refractivity contribution >= 4 is 5.91 Å². The lowest BCUT2D eigenvalue weighted by Gasteiger charge is -2.07. The van der Waals surface area contributed by atoms with E-state index in [1.807, 2.05) is 37.3 Å². The highest BCUT2D eigenvalue weighted by Crippen LogP contribution is 2.40. The topological polar surface area (TPSA) is 48.0 Å². The number of aromatic nitrogens is 1. The summed E-state index contributed by atoms with van der Waals surface area (Å²) in [4.78, 5) is 11.8. The zero-order valence-corrected chi connectivity index (χ0v) is 10.4. The number of carbonyl (C=O) groups is 1. The molecule has 1 amide bonds. The van der Waals surface area contributed by atoms with Gasteiger partial charge in [0.15, 0.2) is 0 Å². The van der Waals surface area contributed by atoms with Gasteiger partial charge < -0.3 is 10.3 Å². The van der Waals surface area contributed by atoms with E-state index in [1.54, 1.807) is 0 Å². The van der Waals surface area contributed by atoms with Crippen molar-refractivity contribution in [3.63, 3.8) is 0 Å². The first kappa shape index (κ1) is 11.1. The van der Waals surface area contributed by atoms with E-state index in [-0.39, 0.29) is 5.91 Å². The first-order valence-electron chi connectivity index (χ1n) is 6.25. The van der Waals surface area contributed by atoms with Crippen molar-refractivity contribution in [2.24, 2.45) is 5.73 Å². The van der Waals surface area contributed by atoms with E-state index in [4.69, 9.17) is 5.73 Å². The van der Waals surface area contributed by atoms with Gasteiger partial charge in [0, 0.05) is 17.8 Å². The molecule has 3 nitrogen and oxygen atoms in total. The summed E-state index contributed by atoms with van der Waals surface area (Å²) < 4.78 is 2.06. The van der Waals surface area contributed by atoms with Crippen molar-refractivity contribution < 1.29 is 4.79 Å². The molecule has 1 aliphatic rings. The number of nitrogens with zero attached hydrogens (tertiary/aromatic N) is 1. The SMILES string of the molecule is Cc1cn(C2CC2)c(C(N)=O)c1-c1ccccc1. The maximum Gasteiger partial charge on any atom is 0.265 e. The van der Waals surface area contributed by atoms with Gasteiger partial charge in [-0.05, 0) is 30.9 Å². The molecule has 1 fully saturated rings. The van der Waals surface area contributed by atoms with Crippen LogP contribution in [0.2, 0.25) is 0 Å². The maximum atomic E-state index is 11.8. The predicted octanol–water partition coefficient (Wildman–Crippen LogP) is 2.90.